The van der Waals surface area contributed by atoms with Crippen molar-refractivity contribution in [2.24, 2.45) is 0 Å². The SMILES string of the molecule is CCC1(CC)C[C@H](NC(=O)CCCOc2ccc(OC)cc2)c2ccccc2O1. The fraction of sp³-hybridized carbons (Fsp3) is 0.458. The van der Waals surface area contributed by atoms with Gasteiger partial charge >= 0.3 is 0 Å². The quantitative estimate of drug-likeness (QED) is 0.602. The van der Waals surface area contributed by atoms with Crippen LogP contribution in [0, 0.1) is 0 Å². The molecule has 0 saturated heterocycles. The zero-order chi connectivity index (χ0) is 20.7. The minimum Gasteiger partial charge on any atom is -0.497 e. The summed E-state index contributed by atoms with van der Waals surface area (Å²) >= 11 is 0. The van der Waals surface area contributed by atoms with E-state index >= 15 is 0 Å². The van der Waals surface area contributed by atoms with Crippen LogP contribution in [-0.2, 0) is 4.79 Å². The van der Waals surface area contributed by atoms with E-state index in [2.05, 4.69) is 19.2 Å². The van der Waals surface area contributed by atoms with Gasteiger partial charge in [-0.15, -0.1) is 0 Å². The Morgan fingerprint density at radius 3 is 2.48 bits per heavy atom. The van der Waals surface area contributed by atoms with Crippen LogP contribution in [0.4, 0.5) is 0 Å². The van der Waals surface area contributed by atoms with Crippen molar-refractivity contribution in [3.8, 4) is 17.2 Å². The van der Waals surface area contributed by atoms with Crippen molar-refractivity contribution in [2.45, 2.75) is 57.6 Å². The van der Waals surface area contributed by atoms with Crippen LogP contribution in [0.3, 0.4) is 0 Å². The average molecular weight is 398 g/mol. The molecule has 0 spiro atoms. The lowest BCUT2D eigenvalue weighted by Gasteiger charge is -2.41. The van der Waals surface area contributed by atoms with E-state index in [-0.39, 0.29) is 17.6 Å². The standard InChI is InChI=1S/C24H31NO4/c1-4-24(5-2)17-21(20-9-6-7-10-22(20)29-24)25-23(26)11-8-16-28-19-14-12-18(27-3)13-15-19/h6-7,9-10,12-15,21H,4-5,8,11,16-17H2,1-3H3,(H,25,26)/t21-/m0/s1. The van der Waals surface area contributed by atoms with Gasteiger partial charge in [0.15, 0.2) is 0 Å². The van der Waals surface area contributed by atoms with Gasteiger partial charge in [-0.25, -0.2) is 0 Å². The number of rotatable bonds is 9. The Bertz CT molecular complexity index is 799. The number of carbonyl (C=O) groups is 1. The molecule has 5 nitrogen and oxygen atoms in total. The number of hydrogen-bond acceptors (Lipinski definition) is 4. The highest BCUT2D eigenvalue weighted by molar-refractivity contribution is 5.76. The highest BCUT2D eigenvalue weighted by Crippen LogP contribution is 2.42. The number of carbonyl (C=O) groups excluding carboxylic acids is 1. The molecule has 5 heteroatoms. The lowest BCUT2D eigenvalue weighted by atomic mass is 9.83. The summed E-state index contributed by atoms with van der Waals surface area (Å²) in [5.41, 5.74) is 0.844. The summed E-state index contributed by atoms with van der Waals surface area (Å²) in [5, 5.41) is 3.22. The van der Waals surface area contributed by atoms with Gasteiger partial charge in [0, 0.05) is 18.4 Å². The van der Waals surface area contributed by atoms with E-state index in [0.29, 0.717) is 19.4 Å². The molecule has 2 aromatic carbocycles. The van der Waals surface area contributed by atoms with Crippen LogP contribution in [0.1, 0.15) is 57.6 Å². The number of methoxy groups -OCH3 is 1. The van der Waals surface area contributed by atoms with E-state index in [1.54, 1.807) is 7.11 Å². The van der Waals surface area contributed by atoms with Crippen molar-refractivity contribution >= 4 is 5.91 Å². The Kier molecular flexibility index (Phi) is 7.02. The van der Waals surface area contributed by atoms with Gasteiger partial charge in [0.25, 0.3) is 0 Å². The molecule has 156 valence electrons. The van der Waals surface area contributed by atoms with Gasteiger partial charge < -0.3 is 19.5 Å². The molecule has 0 aliphatic carbocycles. The minimum absolute atomic E-state index is 0.0187. The maximum atomic E-state index is 12.6. The lowest BCUT2D eigenvalue weighted by Crippen LogP contribution is -2.44. The van der Waals surface area contributed by atoms with Crippen LogP contribution in [0.25, 0.3) is 0 Å². The second-order valence-corrected chi connectivity index (χ2v) is 7.48. The average Bonchev–Trinajstić information content (AvgIpc) is 2.77. The molecule has 1 aliphatic rings. The van der Waals surface area contributed by atoms with Crippen LogP contribution in [0.2, 0.25) is 0 Å². The maximum Gasteiger partial charge on any atom is 0.220 e. The second-order valence-electron chi connectivity index (χ2n) is 7.48. The van der Waals surface area contributed by atoms with E-state index in [9.17, 15) is 4.79 Å². The summed E-state index contributed by atoms with van der Waals surface area (Å²) < 4.78 is 17.2. The van der Waals surface area contributed by atoms with Gasteiger partial charge in [0.2, 0.25) is 5.91 Å². The maximum absolute atomic E-state index is 12.6. The van der Waals surface area contributed by atoms with Gasteiger partial charge in [-0.05, 0) is 49.6 Å². The second kappa shape index (κ2) is 9.68. The third kappa shape index (κ3) is 5.22. The molecule has 0 fully saturated rings. The van der Waals surface area contributed by atoms with Gasteiger partial charge in [-0.1, -0.05) is 32.0 Å². The summed E-state index contributed by atoms with van der Waals surface area (Å²) in [4.78, 5) is 12.6. The topological polar surface area (TPSA) is 56.8 Å². The Morgan fingerprint density at radius 1 is 1.10 bits per heavy atom. The number of hydrogen-bond donors (Lipinski definition) is 1. The molecule has 1 amide bonds. The van der Waals surface area contributed by atoms with Crippen molar-refractivity contribution in [2.75, 3.05) is 13.7 Å². The summed E-state index contributed by atoms with van der Waals surface area (Å²) in [6.07, 6.45) is 3.72. The molecule has 1 atom stereocenters. The van der Waals surface area contributed by atoms with Gasteiger partial charge in [0.05, 0.1) is 19.8 Å². The number of ether oxygens (including phenoxy) is 3. The number of nitrogens with one attached hydrogen (secondary N) is 1. The summed E-state index contributed by atoms with van der Waals surface area (Å²) in [5.74, 6) is 2.51. The molecule has 29 heavy (non-hydrogen) atoms. The van der Waals surface area contributed by atoms with Crippen LogP contribution < -0.4 is 19.5 Å². The summed E-state index contributed by atoms with van der Waals surface area (Å²) in [6.45, 7) is 4.79. The fourth-order valence-corrected chi connectivity index (χ4v) is 3.79. The predicted octanol–water partition coefficient (Wildman–Crippen LogP) is 5.05. The van der Waals surface area contributed by atoms with Gasteiger partial charge in [-0.2, -0.15) is 0 Å². The minimum atomic E-state index is -0.218. The molecule has 1 heterocycles. The smallest absolute Gasteiger partial charge is 0.220 e. The van der Waals surface area contributed by atoms with E-state index in [4.69, 9.17) is 14.2 Å². The normalized spacial score (nSPS) is 17.0. The van der Waals surface area contributed by atoms with E-state index in [1.807, 2.05) is 48.5 Å². The molecule has 0 aromatic heterocycles. The van der Waals surface area contributed by atoms with Crippen molar-refractivity contribution < 1.29 is 19.0 Å². The summed E-state index contributed by atoms with van der Waals surface area (Å²) in [6, 6.07) is 15.5. The van der Waals surface area contributed by atoms with Gasteiger partial charge in [0.1, 0.15) is 22.8 Å². The molecule has 1 N–H and O–H groups in total. The van der Waals surface area contributed by atoms with Crippen molar-refractivity contribution in [1.82, 2.24) is 5.32 Å². The Labute approximate surface area is 173 Å². The molecule has 0 bridgehead atoms. The first kappa shape index (κ1) is 21.0. The first-order chi connectivity index (χ1) is 14.1. The largest absolute Gasteiger partial charge is 0.497 e. The molecule has 0 saturated carbocycles. The number of amides is 1. The van der Waals surface area contributed by atoms with Crippen LogP contribution in [0.15, 0.2) is 48.5 Å². The Hall–Kier alpha value is -2.69. The van der Waals surface area contributed by atoms with Crippen LogP contribution >= 0.6 is 0 Å². The van der Waals surface area contributed by atoms with Gasteiger partial charge in [-0.3, -0.25) is 4.79 Å². The van der Waals surface area contributed by atoms with Crippen LogP contribution in [0.5, 0.6) is 17.2 Å². The fourth-order valence-electron chi connectivity index (χ4n) is 3.79. The van der Waals surface area contributed by atoms with Crippen molar-refractivity contribution in [3.05, 3.63) is 54.1 Å². The number of para-hydroxylation sites is 1. The Morgan fingerprint density at radius 2 is 1.79 bits per heavy atom. The third-order valence-corrected chi connectivity index (χ3v) is 5.70. The van der Waals surface area contributed by atoms with Crippen molar-refractivity contribution in [1.29, 1.82) is 0 Å². The van der Waals surface area contributed by atoms with E-state index < -0.39 is 0 Å². The molecule has 2 aromatic rings. The zero-order valence-corrected chi connectivity index (χ0v) is 17.6. The Balaban J connectivity index is 1.52. The highest BCUT2D eigenvalue weighted by Gasteiger charge is 2.38. The monoisotopic (exact) mass is 397 g/mol. The summed E-state index contributed by atoms with van der Waals surface area (Å²) in [7, 11) is 1.64. The molecule has 3 rings (SSSR count). The molecule has 1 aliphatic heterocycles. The molecular weight excluding hydrogens is 366 g/mol. The third-order valence-electron chi connectivity index (χ3n) is 5.70. The molecule has 0 unspecified atom stereocenters. The van der Waals surface area contributed by atoms with E-state index in [1.165, 1.54) is 0 Å². The first-order valence-corrected chi connectivity index (χ1v) is 10.4. The van der Waals surface area contributed by atoms with Crippen molar-refractivity contribution in [3.63, 3.8) is 0 Å². The highest BCUT2D eigenvalue weighted by atomic mass is 16.5. The number of benzene rings is 2. The lowest BCUT2D eigenvalue weighted by molar-refractivity contribution is -0.122. The molecule has 0 radical (unpaired) electrons. The predicted molar refractivity (Wildman–Crippen MR) is 114 cm³/mol. The number of fused-ring (bicyclic) bond motifs is 1. The zero-order valence-electron chi connectivity index (χ0n) is 17.6. The van der Waals surface area contributed by atoms with E-state index in [0.717, 1.165) is 42.1 Å². The van der Waals surface area contributed by atoms with Crippen LogP contribution in [-0.4, -0.2) is 25.2 Å². The first-order valence-electron chi connectivity index (χ1n) is 10.4. The molecular formula is C24H31NO4.